The molecular weight excluding hydrogens is 276 g/mol. The average Bonchev–Trinajstić information content (AvgIpc) is 3.07. The number of sulfonamides is 1. The Bertz CT molecular complexity index is 559. The maximum atomic E-state index is 12.5. The smallest absolute Gasteiger partial charge is 0.246 e. The van der Waals surface area contributed by atoms with Crippen LogP contribution in [0.25, 0.3) is 0 Å². The Kier molecular flexibility index (Phi) is 4.56. The van der Waals surface area contributed by atoms with Crippen LogP contribution in [-0.2, 0) is 16.6 Å². The van der Waals surface area contributed by atoms with Crippen molar-refractivity contribution in [2.24, 2.45) is 5.92 Å². The van der Waals surface area contributed by atoms with Gasteiger partial charge in [-0.05, 0) is 25.7 Å². The van der Waals surface area contributed by atoms with Crippen molar-refractivity contribution in [3.05, 3.63) is 17.6 Å². The molecule has 0 saturated heterocycles. The molecule has 0 aromatic carbocycles. The quantitative estimate of drug-likeness (QED) is 0.838. The third kappa shape index (κ3) is 3.62. The van der Waals surface area contributed by atoms with E-state index in [1.54, 1.807) is 20.0 Å². The summed E-state index contributed by atoms with van der Waals surface area (Å²) in [6, 6.07) is 1.97. The Hall–Kier alpha value is -0.850. The van der Waals surface area contributed by atoms with E-state index in [0.29, 0.717) is 41.5 Å². The molecule has 0 aliphatic heterocycles. The second-order valence-corrected chi connectivity index (χ2v) is 7.91. The summed E-state index contributed by atoms with van der Waals surface area (Å²) in [4.78, 5) is 0.293. The predicted molar refractivity (Wildman–Crippen MR) is 78.0 cm³/mol. The molecular formula is C14H24N2O3S. The van der Waals surface area contributed by atoms with Crippen LogP contribution in [0.15, 0.2) is 15.4 Å². The van der Waals surface area contributed by atoms with E-state index < -0.39 is 10.0 Å². The van der Waals surface area contributed by atoms with Crippen LogP contribution in [0.1, 0.15) is 38.2 Å². The Labute approximate surface area is 121 Å². The largest absolute Gasteiger partial charge is 0.464 e. The first-order chi connectivity index (χ1) is 9.30. The molecule has 20 heavy (non-hydrogen) atoms. The van der Waals surface area contributed by atoms with E-state index in [1.165, 1.54) is 4.31 Å². The monoisotopic (exact) mass is 300 g/mol. The molecule has 1 saturated carbocycles. The number of hydrogen-bond acceptors (Lipinski definition) is 4. The molecule has 0 bridgehead atoms. The zero-order valence-corrected chi connectivity index (χ0v) is 13.5. The number of aryl methyl sites for hydroxylation is 1. The van der Waals surface area contributed by atoms with Gasteiger partial charge in [0.15, 0.2) is 0 Å². The van der Waals surface area contributed by atoms with Crippen molar-refractivity contribution in [2.75, 3.05) is 13.6 Å². The molecule has 0 radical (unpaired) electrons. The van der Waals surface area contributed by atoms with E-state index in [1.807, 2.05) is 13.8 Å². The highest BCUT2D eigenvalue weighted by Crippen LogP contribution is 2.31. The van der Waals surface area contributed by atoms with Gasteiger partial charge in [0, 0.05) is 25.7 Å². The molecule has 1 aromatic rings. The lowest BCUT2D eigenvalue weighted by Gasteiger charge is -2.15. The standard InChI is InChI=1S/C14H24N2O3S/c1-10(2)15-8-13-7-14(11(3)19-13)20(17,18)16(4)9-12-5-6-12/h7,10,12,15H,5-6,8-9H2,1-4H3. The van der Waals surface area contributed by atoms with Gasteiger partial charge in [0.25, 0.3) is 0 Å². The van der Waals surface area contributed by atoms with Gasteiger partial charge in [0.2, 0.25) is 10.0 Å². The van der Waals surface area contributed by atoms with Crippen molar-refractivity contribution in [1.82, 2.24) is 9.62 Å². The van der Waals surface area contributed by atoms with Crippen molar-refractivity contribution >= 4 is 10.0 Å². The summed E-state index contributed by atoms with van der Waals surface area (Å²) in [6.07, 6.45) is 2.27. The van der Waals surface area contributed by atoms with Crippen molar-refractivity contribution < 1.29 is 12.8 Å². The highest BCUT2D eigenvalue weighted by atomic mass is 32.2. The third-order valence-corrected chi connectivity index (χ3v) is 5.44. The highest BCUT2D eigenvalue weighted by Gasteiger charge is 2.31. The van der Waals surface area contributed by atoms with Crippen molar-refractivity contribution in [1.29, 1.82) is 0 Å². The lowest BCUT2D eigenvalue weighted by Crippen LogP contribution is -2.29. The van der Waals surface area contributed by atoms with Gasteiger partial charge in [-0.15, -0.1) is 0 Å². The van der Waals surface area contributed by atoms with Gasteiger partial charge >= 0.3 is 0 Å². The number of nitrogens with zero attached hydrogens (tertiary/aromatic N) is 1. The number of rotatable bonds is 7. The summed E-state index contributed by atoms with van der Waals surface area (Å²) >= 11 is 0. The summed E-state index contributed by atoms with van der Waals surface area (Å²) in [5.74, 6) is 1.66. The Morgan fingerprint density at radius 2 is 2.10 bits per heavy atom. The molecule has 0 atom stereocenters. The van der Waals surface area contributed by atoms with E-state index in [4.69, 9.17) is 4.42 Å². The molecule has 1 aromatic heterocycles. The molecule has 2 rings (SSSR count). The fourth-order valence-electron chi connectivity index (χ4n) is 2.10. The molecule has 1 fully saturated rings. The minimum atomic E-state index is -3.43. The first kappa shape index (κ1) is 15.5. The van der Waals surface area contributed by atoms with Gasteiger partial charge < -0.3 is 9.73 Å². The van der Waals surface area contributed by atoms with Crippen molar-refractivity contribution in [2.45, 2.75) is 51.1 Å². The molecule has 1 aliphatic rings. The van der Waals surface area contributed by atoms with Crippen LogP contribution in [0.3, 0.4) is 0 Å². The van der Waals surface area contributed by atoms with Crippen LogP contribution in [0.2, 0.25) is 0 Å². The maximum Gasteiger partial charge on any atom is 0.246 e. The summed E-state index contributed by atoms with van der Waals surface area (Å²) in [5.41, 5.74) is 0. The predicted octanol–water partition coefficient (Wildman–Crippen LogP) is 2.12. The average molecular weight is 300 g/mol. The third-order valence-electron chi connectivity index (χ3n) is 3.51. The number of furan rings is 1. The van der Waals surface area contributed by atoms with Gasteiger partial charge in [-0.3, -0.25) is 0 Å². The van der Waals surface area contributed by atoms with Crippen LogP contribution in [0, 0.1) is 12.8 Å². The van der Waals surface area contributed by atoms with Crippen LogP contribution in [0.4, 0.5) is 0 Å². The number of nitrogens with one attached hydrogen (secondary N) is 1. The molecule has 6 heteroatoms. The Balaban J connectivity index is 2.13. The van der Waals surface area contributed by atoms with E-state index in [9.17, 15) is 8.42 Å². The van der Waals surface area contributed by atoms with Crippen LogP contribution in [-0.4, -0.2) is 32.4 Å². The highest BCUT2D eigenvalue weighted by molar-refractivity contribution is 7.89. The summed E-state index contributed by atoms with van der Waals surface area (Å²) < 4.78 is 32.0. The zero-order valence-electron chi connectivity index (χ0n) is 12.6. The summed E-state index contributed by atoms with van der Waals surface area (Å²) in [6.45, 7) is 6.93. The van der Waals surface area contributed by atoms with Gasteiger partial charge in [0.1, 0.15) is 16.4 Å². The molecule has 0 amide bonds. The first-order valence-electron chi connectivity index (χ1n) is 7.09. The second-order valence-electron chi connectivity index (χ2n) is 5.90. The van der Waals surface area contributed by atoms with Gasteiger partial charge in [-0.1, -0.05) is 13.8 Å². The summed E-state index contributed by atoms with van der Waals surface area (Å²) in [5, 5.41) is 3.22. The fourth-order valence-corrected chi connectivity index (χ4v) is 3.53. The Morgan fingerprint density at radius 1 is 1.45 bits per heavy atom. The minimum Gasteiger partial charge on any atom is -0.464 e. The molecule has 0 spiro atoms. The van der Waals surface area contributed by atoms with Crippen molar-refractivity contribution in [3.8, 4) is 0 Å². The molecule has 0 unspecified atom stereocenters. The lowest BCUT2D eigenvalue weighted by molar-refractivity contribution is 0.436. The van der Waals surface area contributed by atoms with Crippen LogP contribution < -0.4 is 5.32 Å². The minimum absolute atomic E-state index is 0.293. The zero-order chi connectivity index (χ0) is 14.9. The fraction of sp³-hybridized carbons (Fsp3) is 0.714. The van der Waals surface area contributed by atoms with Gasteiger partial charge in [-0.2, -0.15) is 0 Å². The lowest BCUT2D eigenvalue weighted by atomic mass is 10.3. The van der Waals surface area contributed by atoms with E-state index >= 15 is 0 Å². The molecule has 5 nitrogen and oxygen atoms in total. The van der Waals surface area contributed by atoms with E-state index in [0.717, 1.165) is 12.8 Å². The van der Waals surface area contributed by atoms with Gasteiger partial charge in [0.05, 0.1) is 6.54 Å². The first-order valence-corrected chi connectivity index (χ1v) is 8.53. The van der Waals surface area contributed by atoms with E-state index in [-0.39, 0.29) is 0 Å². The van der Waals surface area contributed by atoms with Crippen LogP contribution in [0.5, 0.6) is 0 Å². The SMILES string of the molecule is Cc1oc(CNC(C)C)cc1S(=O)(=O)N(C)CC1CC1. The van der Waals surface area contributed by atoms with E-state index in [2.05, 4.69) is 5.32 Å². The normalized spacial score (nSPS) is 16.3. The van der Waals surface area contributed by atoms with Crippen LogP contribution >= 0.6 is 0 Å². The topological polar surface area (TPSA) is 62.6 Å². The molecule has 1 aliphatic carbocycles. The van der Waals surface area contributed by atoms with Gasteiger partial charge in [-0.25, -0.2) is 12.7 Å². The maximum absolute atomic E-state index is 12.5. The number of hydrogen-bond donors (Lipinski definition) is 1. The van der Waals surface area contributed by atoms with Crippen molar-refractivity contribution in [3.63, 3.8) is 0 Å². The second kappa shape index (κ2) is 5.87. The molecule has 1 N–H and O–H groups in total. The summed E-state index contributed by atoms with van der Waals surface area (Å²) in [7, 11) is -1.79. The molecule has 1 heterocycles. The molecule has 114 valence electrons. The Morgan fingerprint density at radius 3 is 2.65 bits per heavy atom.